The summed E-state index contributed by atoms with van der Waals surface area (Å²) in [6, 6.07) is 7.61. The number of nitrogen functional groups attached to an aromatic ring is 1. The summed E-state index contributed by atoms with van der Waals surface area (Å²) >= 11 is 0. The van der Waals surface area contributed by atoms with Gasteiger partial charge in [-0.05, 0) is 37.5 Å². The first-order valence-corrected chi connectivity index (χ1v) is 5.55. The highest BCUT2D eigenvalue weighted by Gasteiger charge is 2.39. The zero-order chi connectivity index (χ0) is 12.5. The van der Waals surface area contributed by atoms with Gasteiger partial charge in [0.15, 0.2) is 0 Å². The van der Waals surface area contributed by atoms with E-state index >= 15 is 0 Å². The number of hydrogen-bond acceptors (Lipinski definition) is 3. The molecule has 0 aliphatic carbocycles. The van der Waals surface area contributed by atoms with E-state index in [-0.39, 0.29) is 7.12 Å². The minimum Gasteiger partial charge on any atom is -0.534 e. The van der Waals surface area contributed by atoms with E-state index in [1.807, 2.05) is 50.2 Å². The molecule has 0 saturated carbocycles. The monoisotopic (exact) mass is 229 g/mol. The second-order valence-corrected chi connectivity index (χ2v) is 4.56. The van der Waals surface area contributed by atoms with Crippen molar-refractivity contribution < 1.29 is 9.31 Å². The molecule has 88 valence electrons. The molecule has 3 nitrogen and oxygen atoms in total. The van der Waals surface area contributed by atoms with Gasteiger partial charge in [0, 0.05) is 5.69 Å². The molecule has 0 bridgehead atoms. The van der Waals surface area contributed by atoms with Gasteiger partial charge in [-0.3, -0.25) is 0 Å². The Morgan fingerprint density at radius 1 is 1.29 bits per heavy atom. The predicted octanol–water partition coefficient (Wildman–Crippen LogP) is 2.65. The number of benzene rings is 1. The molecule has 0 aromatic heterocycles. The molecule has 2 rings (SSSR count). The van der Waals surface area contributed by atoms with Crippen LogP contribution in [0.5, 0.6) is 0 Å². The molecule has 1 saturated heterocycles. The summed E-state index contributed by atoms with van der Waals surface area (Å²) in [6.45, 7) is 7.70. The summed E-state index contributed by atoms with van der Waals surface area (Å²) in [6.07, 6.45) is 1.94. The van der Waals surface area contributed by atoms with E-state index in [1.165, 1.54) is 0 Å². The van der Waals surface area contributed by atoms with E-state index in [2.05, 4.69) is 6.58 Å². The van der Waals surface area contributed by atoms with Gasteiger partial charge in [0.1, 0.15) is 5.60 Å². The van der Waals surface area contributed by atoms with E-state index in [4.69, 9.17) is 15.0 Å². The van der Waals surface area contributed by atoms with Crippen LogP contribution in [0.3, 0.4) is 0 Å². The van der Waals surface area contributed by atoms with Gasteiger partial charge in [-0.1, -0.05) is 24.8 Å². The lowest BCUT2D eigenvalue weighted by Crippen LogP contribution is -2.22. The van der Waals surface area contributed by atoms with Crippen LogP contribution in [0, 0.1) is 0 Å². The van der Waals surface area contributed by atoms with Gasteiger partial charge < -0.3 is 15.0 Å². The second-order valence-electron chi connectivity index (χ2n) is 4.56. The molecular weight excluding hydrogens is 213 g/mol. The molecule has 0 radical (unpaired) electrons. The standard InChI is InChI=1S/C13H16BNO2/c1-10-13(2,3)17-14(16-10)9-8-11-4-6-12(15)7-5-11/h4-9H,1,15H2,2-3H3/b9-8+. The van der Waals surface area contributed by atoms with Crippen LogP contribution in [0.2, 0.25) is 0 Å². The molecule has 1 aliphatic heterocycles. The van der Waals surface area contributed by atoms with Gasteiger partial charge in [-0.2, -0.15) is 0 Å². The van der Waals surface area contributed by atoms with Crippen LogP contribution >= 0.6 is 0 Å². The number of hydrogen-bond donors (Lipinski definition) is 1. The van der Waals surface area contributed by atoms with Crippen molar-refractivity contribution in [1.29, 1.82) is 0 Å². The fraction of sp³-hybridized carbons (Fsp3) is 0.231. The summed E-state index contributed by atoms with van der Waals surface area (Å²) in [5.41, 5.74) is 7.00. The number of nitrogens with two attached hydrogens (primary N) is 1. The Bertz CT molecular complexity index is 451. The van der Waals surface area contributed by atoms with Crippen LogP contribution < -0.4 is 5.73 Å². The van der Waals surface area contributed by atoms with Crippen molar-refractivity contribution in [3.05, 3.63) is 48.1 Å². The highest BCUT2D eigenvalue weighted by molar-refractivity contribution is 6.53. The lowest BCUT2D eigenvalue weighted by Gasteiger charge is -2.15. The summed E-state index contributed by atoms with van der Waals surface area (Å²) in [5, 5.41) is 0. The van der Waals surface area contributed by atoms with Crippen LogP contribution in [0.25, 0.3) is 6.08 Å². The number of anilines is 1. The van der Waals surface area contributed by atoms with Gasteiger partial charge in [0.25, 0.3) is 0 Å². The van der Waals surface area contributed by atoms with Gasteiger partial charge in [0.2, 0.25) is 0 Å². The highest BCUT2D eigenvalue weighted by atomic mass is 16.7. The van der Waals surface area contributed by atoms with E-state index in [9.17, 15) is 0 Å². The average Bonchev–Trinajstić information content (AvgIpc) is 2.52. The first-order valence-electron chi connectivity index (χ1n) is 5.55. The Morgan fingerprint density at radius 2 is 1.94 bits per heavy atom. The summed E-state index contributed by atoms with van der Waals surface area (Å²) in [4.78, 5) is 0. The highest BCUT2D eigenvalue weighted by Crippen LogP contribution is 2.29. The lowest BCUT2D eigenvalue weighted by atomic mass is 9.89. The largest absolute Gasteiger partial charge is 0.555 e. The summed E-state index contributed by atoms with van der Waals surface area (Å²) < 4.78 is 11.2. The Hall–Kier alpha value is -1.68. The molecule has 0 unspecified atom stereocenters. The molecule has 17 heavy (non-hydrogen) atoms. The maximum Gasteiger partial charge on any atom is 0.555 e. The van der Waals surface area contributed by atoms with Crippen molar-refractivity contribution >= 4 is 18.9 Å². The molecule has 4 heteroatoms. The van der Waals surface area contributed by atoms with Crippen LogP contribution in [-0.2, 0) is 9.31 Å². The molecule has 0 atom stereocenters. The average molecular weight is 229 g/mol. The van der Waals surface area contributed by atoms with Crippen molar-refractivity contribution in [2.24, 2.45) is 0 Å². The molecule has 1 aromatic rings. The van der Waals surface area contributed by atoms with Crippen molar-refractivity contribution in [1.82, 2.24) is 0 Å². The SMILES string of the molecule is C=C1OB(/C=C/c2ccc(N)cc2)OC1(C)C. The summed E-state index contributed by atoms with van der Waals surface area (Å²) in [7, 11) is -0.366. The maximum absolute atomic E-state index is 5.67. The van der Waals surface area contributed by atoms with Crippen LogP contribution in [0.1, 0.15) is 19.4 Å². The van der Waals surface area contributed by atoms with Crippen molar-refractivity contribution in [3.63, 3.8) is 0 Å². The third-order valence-electron chi connectivity index (χ3n) is 2.72. The molecule has 1 fully saturated rings. The molecule has 1 heterocycles. The molecule has 0 spiro atoms. The first-order chi connectivity index (χ1) is 7.97. The van der Waals surface area contributed by atoms with E-state index in [1.54, 1.807) is 0 Å². The van der Waals surface area contributed by atoms with Crippen LogP contribution in [0.4, 0.5) is 5.69 Å². The van der Waals surface area contributed by atoms with Crippen molar-refractivity contribution in [3.8, 4) is 0 Å². The third kappa shape index (κ3) is 2.71. The van der Waals surface area contributed by atoms with Gasteiger partial charge in [0.05, 0.1) is 5.76 Å². The molecular formula is C13H16BNO2. The summed E-state index contributed by atoms with van der Waals surface area (Å²) in [5.74, 6) is 2.52. The van der Waals surface area contributed by atoms with Gasteiger partial charge >= 0.3 is 7.12 Å². The minimum absolute atomic E-state index is 0.366. The third-order valence-corrected chi connectivity index (χ3v) is 2.72. The van der Waals surface area contributed by atoms with Crippen molar-refractivity contribution in [2.45, 2.75) is 19.4 Å². The van der Waals surface area contributed by atoms with E-state index in [0.29, 0.717) is 5.76 Å². The Kier molecular flexibility index (Phi) is 2.98. The topological polar surface area (TPSA) is 44.5 Å². The van der Waals surface area contributed by atoms with Gasteiger partial charge in [-0.15, -0.1) is 0 Å². The minimum atomic E-state index is -0.421. The first kappa shape index (κ1) is 11.8. The molecule has 2 N–H and O–H groups in total. The molecule has 1 aromatic carbocycles. The Morgan fingerprint density at radius 3 is 2.47 bits per heavy atom. The smallest absolute Gasteiger partial charge is 0.534 e. The van der Waals surface area contributed by atoms with Gasteiger partial charge in [-0.25, -0.2) is 0 Å². The normalized spacial score (nSPS) is 18.7. The Labute approximate surface area is 102 Å². The van der Waals surface area contributed by atoms with Crippen LogP contribution in [-0.4, -0.2) is 12.7 Å². The fourth-order valence-corrected chi connectivity index (χ4v) is 1.54. The fourth-order valence-electron chi connectivity index (χ4n) is 1.54. The predicted molar refractivity (Wildman–Crippen MR) is 71.0 cm³/mol. The Balaban J connectivity index is 2.03. The van der Waals surface area contributed by atoms with Crippen LogP contribution in [0.15, 0.2) is 42.6 Å². The zero-order valence-electron chi connectivity index (χ0n) is 10.1. The lowest BCUT2D eigenvalue weighted by molar-refractivity contribution is 0.172. The van der Waals surface area contributed by atoms with Crippen molar-refractivity contribution in [2.75, 3.05) is 5.73 Å². The maximum atomic E-state index is 5.67. The zero-order valence-corrected chi connectivity index (χ0v) is 10.1. The van der Waals surface area contributed by atoms with E-state index < -0.39 is 5.60 Å². The molecule has 0 amide bonds. The quantitative estimate of drug-likeness (QED) is 0.626. The van der Waals surface area contributed by atoms with E-state index in [0.717, 1.165) is 11.3 Å². The molecule has 1 aliphatic rings. The number of rotatable bonds is 2. The second kappa shape index (κ2) is 4.30.